The fraction of sp³-hybridized carbons (Fsp3) is 0.100. The molecule has 0 aliphatic rings. The van der Waals surface area contributed by atoms with Gasteiger partial charge in [0.15, 0.2) is 22.1 Å². The fourth-order valence-electron chi connectivity index (χ4n) is 1.40. The molecule has 0 N–H and O–H groups in total. The lowest BCUT2D eigenvalue weighted by atomic mass is 10.1. The molecular formula is C10H5BrF3N3O. The quantitative estimate of drug-likeness (QED) is 0.630. The Bertz CT molecular complexity index is 622. The van der Waals surface area contributed by atoms with Crippen LogP contribution < -0.4 is 0 Å². The average Bonchev–Trinajstić information content (AvgIpc) is 2.65. The number of carbonyl (C=O) groups is 1. The Kier molecular flexibility index (Phi) is 3.20. The molecular weight excluding hydrogens is 315 g/mol. The van der Waals surface area contributed by atoms with Crippen molar-refractivity contribution < 1.29 is 18.0 Å². The number of ketones is 1. The first-order valence-electron chi connectivity index (χ1n) is 4.67. The summed E-state index contributed by atoms with van der Waals surface area (Å²) in [4.78, 5) is 12.0. The van der Waals surface area contributed by atoms with Gasteiger partial charge < -0.3 is 0 Å². The van der Waals surface area contributed by atoms with Crippen molar-refractivity contribution in [2.24, 2.45) is 7.05 Å². The molecule has 1 heterocycles. The Balaban J connectivity index is 2.57. The van der Waals surface area contributed by atoms with E-state index < -0.39 is 28.8 Å². The van der Waals surface area contributed by atoms with Crippen molar-refractivity contribution in [3.8, 4) is 0 Å². The monoisotopic (exact) mass is 319 g/mol. The van der Waals surface area contributed by atoms with E-state index in [0.717, 1.165) is 10.7 Å². The summed E-state index contributed by atoms with van der Waals surface area (Å²) >= 11 is 2.97. The Hall–Kier alpha value is -1.70. The normalized spacial score (nSPS) is 10.7. The summed E-state index contributed by atoms with van der Waals surface area (Å²) in [6.07, 6.45) is 0. The third-order valence-corrected chi connectivity index (χ3v) is 2.81. The first-order valence-corrected chi connectivity index (χ1v) is 5.46. The zero-order valence-electron chi connectivity index (χ0n) is 8.92. The van der Waals surface area contributed by atoms with Gasteiger partial charge >= 0.3 is 0 Å². The second-order valence-electron chi connectivity index (χ2n) is 3.40. The molecule has 0 radical (unpaired) electrons. The van der Waals surface area contributed by atoms with E-state index >= 15 is 0 Å². The molecule has 0 spiro atoms. The zero-order chi connectivity index (χ0) is 13.4. The van der Waals surface area contributed by atoms with Crippen LogP contribution in [0.5, 0.6) is 0 Å². The summed E-state index contributed by atoms with van der Waals surface area (Å²) in [6, 6.07) is 1.55. The van der Waals surface area contributed by atoms with Gasteiger partial charge in [0.1, 0.15) is 5.69 Å². The number of aromatic nitrogens is 3. The van der Waals surface area contributed by atoms with Gasteiger partial charge in [0, 0.05) is 7.05 Å². The molecule has 8 heteroatoms. The minimum Gasteiger partial charge on any atom is -0.287 e. The van der Waals surface area contributed by atoms with Crippen molar-refractivity contribution in [3.63, 3.8) is 0 Å². The molecule has 94 valence electrons. The van der Waals surface area contributed by atoms with Crippen LogP contribution >= 0.6 is 15.9 Å². The maximum atomic E-state index is 13.5. The number of halogens is 4. The van der Waals surface area contributed by atoms with Gasteiger partial charge in [-0.05, 0) is 28.1 Å². The Morgan fingerprint density at radius 1 is 1.28 bits per heavy atom. The predicted molar refractivity (Wildman–Crippen MR) is 58.5 cm³/mol. The first-order chi connectivity index (χ1) is 8.43. The van der Waals surface area contributed by atoms with E-state index in [9.17, 15) is 18.0 Å². The highest BCUT2D eigenvalue weighted by Gasteiger charge is 2.24. The topological polar surface area (TPSA) is 47.8 Å². The van der Waals surface area contributed by atoms with Gasteiger partial charge in [-0.2, -0.15) is 0 Å². The van der Waals surface area contributed by atoms with E-state index in [-0.39, 0.29) is 10.3 Å². The molecule has 0 aliphatic heterocycles. The van der Waals surface area contributed by atoms with Crippen LogP contribution in [0.1, 0.15) is 16.1 Å². The molecule has 0 aliphatic carbocycles. The zero-order valence-corrected chi connectivity index (χ0v) is 10.5. The Labute approximate surface area is 108 Å². The second kappa shape index (κ2) is 4.52. The molecule has 0 saturated heterocycles. The molecule has 2 aromatic rings. The van der Waals surface area contributed by atoms with E-state index in [4.69, 9.17) is 0 Å². The van der Waals surface area contributed by atoms with Gasteiger partial charge in [0.05, 0.1) is 5.56 Å². The van der Waals surface area contributed by atoms with E-state index in [1.165, 1.54) is 7.05 Å². The van der Waals surface area contributed by atoms with Crippen molar-refractivity contribution in [1.82, 2.24) is 15.0 Å². The van der Waals surface area contributed by atoms with E-state index in [1.807, 2.05) is 0 Å². The molecule has 18 heavy (non-hydrogen) atoms. The number of aryl methyl sites for hydroxylation is 1. The molecule has 0 saturated carbocycles. The number of benzene rings is 1. The summed E-state index contributed by atoms with van der Waals surface area (Å²) in [6.45, 7) is 0. The highest BCUT2D eigenvalue weighted by atomic mass is 79.9. The summed E-state index contributed by atoms with van der Waals surface area (Å²) in [7, 11) is 1.42. The lowest BCUT2D eigenvalue weighted by Crippen LogP contribution is -2.12. The van der Waals surface area contributed by atoms with Gasteiger partial charge in [-0.25, -0.2) is 17.9 Å². The summed E-state index contributed by atoms with van der Waals surface area (Å²) in [5.74, 6) is -5.42. The van der Waals surface area contributed by atoms with Crippen LogP contribution in [0.2, 0.25) is 0 Å². The summed E-state index contributed by atoms with van der Waals surface area (Å²) in [5.41, 5.74) is -0.639. The van der Waals surface area contributed by atoms with Gasteiger partial charge in [-0.1, -0.05) is 5.21 Å². The van der Waals surface area contributed by atoms with Crippen LogP contribution in [0.4, 0.5) is 13.2 Å². The lowest BCUT2D eigenvalue weighted by molar-refractivity contribution is 0.102. The molecule has 4 nitrogen and oxygen atoms in total. The van der Waals surface area contributed by atoms with E-state index in [0.29, 0.717) is 6.07 Å². The van der Waals surface area contributed by atoms with Crippen molar-refractivity contribution in [2.75, 3.05) is 0 Å². The second-order valence-corrected chi connectivity index (χ2v) is 4.16. The Morgan fingerprint density at radius 2 is 1.94 bits per heavy atom. The molecule has 1 aromatic heterocycles. The molecule has 0 unspecified atom stereocenters. The van der Waals surface area contributed by atoms with E-state index in [2.05, 4.69) is 26.2 Å². The van der Waals surface area contributed by atoms with Gasteiger partial charge in [-0.3, -0.25) is 4.79 Å². The van der Waals surface area contributed by atoms with Crippen LogP contribution in [0.3, 0.4) is 0 Å². The third kappa shape index (κ3) is 1.92. The van der Waals surface area contributed by atoms with Crippen LogP contribution in [-0.2, 0) is 7.05 Å². The van der Waals surface area contributed by atoms with E-state index in [1.54, 1.807) is 0 Å². The van der Waals surface area contributed by atoms with Gasteiger partial charge in [0.2, 0.25) is 5.78 Å². The van der Waals surface area contributed by atoms with Crippen molar-refractivity contribution >= 4 is 21.7 Å². The minimum absolute atomic E-state index is 0.0556. The molecule has 0 amide bonds. The maximum Gasteiger partial charge on any atom is 0.216 e. The standard InChI is InChI=1S/C10H5BrF3N3O/c1-17-8(10(11)15-16-17)9(18)4-2-3-5(12)7(14)6(4)13/h2-3H,1H3. The number of carbonyl (C=O) groups excluding carboxylic acids is 1. The largest absolute Gasteiger partial charge is 0.287 e. The maximum absolute atomic E-state index is 13.5. The summed E-state index contributed by atoms with van der Waals surface area (Å²) in [5, 5.41) is 7.09. The number of hydrogen-bond acceptors (Lipinski definition) is 3. The smallest absolute Gasteiger partial charge is 0.216 e. The summed E-state index contributed by atoms with van der Waals surface area (Å²) < 4.78 is 40.5. The fourth-order valence-corrected chi connectivity index (χ4v) is 1.91. The SMILES string of the molecule is Cn1nnc(Br)c1C(=O)c1ccc(F)c(F)c1F. The number of hydrogen-bond donors (Lipinski definition) is 0. The minimum atomic E-state index is -1.69. The van der Waals surface area contributed by atoms with Crippen LogP contribution in [0.25, 0.3) is 0 Å². The van der Waals surface area contributed by atoms with Crippen LogP contribution in [0, 0.1) is 17.5 Å². The van der Waals surface area contributed by atoms with Crippen molar-refractivity contribution in [1.29, 1.82) is 0 Å². The molecule has 1 aromatic carbocycles. The lowest BCUT2D eigenvalue weighted by Gasteiger charge is -2.04. The van der Waals surface area contributed by atoms with Crippen molar-refractivity contribution in [2.45, 2.75) is 0 Å². The third-order valence-electron chi connectivity index (χ3n) is 2.28. The van der Waals surface area contributed by atoms with Gasteiger partial charge in [0.25, 0.3) is 0 Å². The highest BCUT2D eigenvalue weighted by Crippen LogP contribution is 2.21. The van der Waals surface area contributed by atoms with Crippen molar-refractivity contribution in [3.05, 3.63) is 45.4 Å². The molecule has 0 atom stereocenters. The highest BCUT2D eigenvalue weighted by molar-refractivity contribution is 9.10. The Morgan fingerprint density at radius 3 is 2.50 bits per heavy atom. The molecule has 0 bridgehead atoms. The average molecular weight is 320 g/mol. The first kappa shape index (κ1) is 12.7. The van der Waals surface area contributed by atoms with Gasteiger partial charge in [-0.15, -0.1) is 5.10 Å². The molecule has 2 rings (SSSR count). The number of rotatable bonds is 2. The predicted octanol–water partition coefficient (Wildman–Crippen LogP) is 2.23. The van der Waals surface area contributed by atoms with Crippen LogP contribution in [-0.4, -0.2) is 20.8 Å². The molecule has 0 fully saturated rings. The van der Waals surface area contributed by atoms with Crippen LogP contribution in [0.15, 0.2) is 16.7 Å². The number of nitrogens with zero attached hydrogens (tertiary/aromatic N) is 3.